The minimum Gasteiger partial charge on any atom is -0.0882 e. The second-order valence-electron chi connectivity index (χ2n) is 3.37. The molecule has 0 heterocycles. The SMILES string of the molecule is [CH]1CC=CC=CCC=CCC=CCC1. The molecular formula is C14H19. The van der Waals surface area contributed by atoms with Crippen LogP contribution in [0.4, 0.5) is 0 Å². The Hall–Kier alpha value is -1.04. The zero-order valence-corrected chi connectivity index (χ0v) is 8.73. The summed E-state index contributed by atoms with van der Waals surface area (Å²) in [5.41, 5.74) is 0. The lowest BCUT2D eigenvalue weighted by Gasteiger charge is -1.92. The number of hydrogen-bond acceptors (Lipinski definition) is 0. The first-order valence-electron chi connectivity index (χ1n) is 5.43. The smallest absolute Gasteiger partial charge is 0.0166 e. The van der Waals surface area contributed by atoms with Crippen molar-refractivity contribution in [2.45, 2.75) is 32.1 Å². The van der Waals surface area contributed by atoms with Crippen molar-refractivity contribution in [2.75, 3.05) is 0 Å². The molecular weight excluding hydrogens is 168 g/mol. The normalized spacial score (nSPS) is 19.4. The fourth-order valence-electron chi connectivity index (χ4n) is 1.31. The Kier molecular flexibility index (Phi) is 6.74. The van der Waals surface area contributed by atoms with E-state index in [0.29, 0.717) is 0 Å². The fourth-order valence-corrected chi connectivity index (χ4v) is 1.31. The largest absolute Gasteiger partial charge is 0.0882 e. The van der Waals surface area contributed by atoms with Gasteiger partial charge >= 0.3 is 0 Å². The molecule has 0 atom stereocenters. The van der Waals surface area contributed by atoms with E-state index < -0.39 is 0 Å². The molecule has 14 heavy (non-hydrogen) atoms. The van der Waals surface area contributed by atoms with E-state index in [0.717, 1.165) is 19.3 Å². The molecule has 0 bridgehead atoms. The molecule has 1 rings (SSSR count). The molecule has 0 aromatic carbocycles. The summed E-state index contributed by atoms with van der Waals surface area (Å²) in [5.74, 6) is 0. The van der Waals surface area contributed by atoms with Gasteiger partial charge in [0.2, 0.25) is 0 Å². The maximum Gasteiger partial charge on any atom is -0.0166 e. The van der Waals surface area contributed by atoms with Crippen molar-refractivity contribution in [2.24, 2.45) is 0 Å². The lowest BCUT2D eigenvalue weighted by Crippen LogP contribution is -1.74. The first-order valence-corrected chi connectivity index (χ1v) is 5.43. The zero-order valence-electron chi connectivity index (χ0n) is 8.73. The Morgan fingerprint density at radius 2 is 1.14 bits per heavy atom. The predicted octanol–water partition coefficient (Wildman–Crippen LogP) is 4.38. The van der Waals surface area contributed by atoms with Crippen molar-refractivity contribution in [3.05, 3.63) is 55.0 Å². The lowest BCUT2D eigenvalue weighted by atomic mass is 10.1. The van der Waals surface area contributed by atoms with Crippen LogP contribution in [0.2, 0.25) is 0 Å². The zero-order chi connectivity index (χ0) is 9.90. The minimum absolute atomic E-state index is 1.04. The summed E-state index contributed by atoms with van der Waals surface area (Å²) in [6, 6.07) is 0. The van der Waals surface area contributed by atoms with E-state index in [9.17, 15) is 0 Å². The van der Waals surface area contributed by atoms with Gasteiger partial charge in [0.05, 0.1) is 0 Å². The fraction of sp³-hybridized carbons (Fsp3) is 0.357. The maximum atomic E-state index is 2.33. The first kappa shape index (κ1) is 11.0. The Morgan fingerprint density at radius 3 is 2.00 bits per heavy atom. The van der Waals surface area contributed by atoms with Crippen molar-refractivity contribution in [1.82, 2.24) is 0 Å². The maximum absolute atomic E-state index is 2.33. The molecule has 1 radical (unpaired) electrons. The van der Waals surface area contributed by atoms with Crippen LogP contribution in [0.3, 0.4) is 0 Å². The standard InChI is InChI=1S/C14H19/c1-2-4-6-8-10-12-14-13-11-9-7-5-3-1/h1-4,7-9,13-14H,5-6,10-12H2. The topological polar surface area (TPSA) is 0 Å². The molecule has 0 saturated heterocycles. The number of hydrogen-bond donors (Lipinski definition) is 0. The highest BCUT2D eigenvalue weighted by Gasteiger charge is 1.83. The molecule has 0 aromatic heterocycles. The highest BCUT2D eigenvalue weighted by Crippen LogP contribution is 2.02. The average Bonchev–Trinajstić information content (AvgIpc) is 2.22. The van der Waals surface area contributed by atoms with Crippen molar-refractivity contribution < 1.29 is 0 Å². The van der Waals surface area contributed by atoms with Crippen LogP contribution in [0.15, 0.2) is 48.6 Å². The van der Waals surface area contributed by atoms with Crippen molar-refractivity contribution in [3.8, 4) is 0 Å². The molecule has 0 spiro atoms. The molecule has 0 unspecified atom stereocenters. The number of rotatable bonds is 0. The van der Waals surface area contributed by atoms with E-state index in [1.165, 1.54) is 12.8 Å². The second kappa shape index (κ2) is 8.55. The van der Waals surface area contributed by atoms with Gasteiger partial charge in [-0.05, 0) is 38.5 Å². The van der Waals surface area contributed by atoms with Crippen LogP contribution in [0.5, 0.6) is 0 Å². The van der Waals surface area contributed by atoms with Crippen molar-refractivity contribution >= 4 is 0 Å². The van der Waals surface area contributed by atoms with E-state index in [4.69, 9.17) is 0 Å². The van der Waals surface area contributed by atoms with Crippen LogP contribution < -0.4 is 0 Å². The molecule has 0 fully saturated rings. The second-order valence-corrected chi connectivity index (χ2v) is 3.37. The van der Waals surface area contributed by atoms with E-state index in [1.807, 2.05) is 0 Å². The van der Waals surface area contributed by atoms with Gasteiger partial charge in [0.15, 0.2) is 0 Å². The van der Waals surface area contributed by atoms with Gasteiger partial charge in [0.25, 0.3) is 0 Å². The van der Waals surface area contributed by atoms with Crippen LogP contribution in [0.1, 0.15) is 32.1 Å². The molecule has 1 aliphatic rings. The molecule has 0 nitrogen and oxygen atoms in total. The molecule has 1 aliphatic carbocycles. The molecule has 0 amide bonds. The number of allylic oxidation sites excluding steroid dienone is 8. The van der Waals surface area contributed by atoms with Crippen LogP contribution >= 0.6 is 0 Å². The summed E-state index contributed by atoms with van der Waals surface area (Å²) >= 11 is 0. The Bertz CT molecular complexity index is 228. The van der Waals surface area contributed by atoms with Gasteiger partial charge in [-0.2, -0.15) is 0 Å². The van der Waals surface area contributed by atoms with Crippen molar-refractivity contribution in [1.29, 1.82) is 0 Å². The van der Waals surface area contributed by atoms with Gasteiger partial charge in [0, 0.05) is 0 Å². The van der Waals surface area contributed by atoms with Crippen molar-refractivity contribution in [3.63, 3.8) is 0 Å². The Labute approximate surface area is 87.7 Å². The highest BCUT2D eigenvalue weighted by atomic mass is 13.9. The monoisotopic (exact) mass is 187 g/mol. The summed E-state index contributed by atoms with van der Waals surface area (Å²) in [7, 11) is 0. The van der Waals surface area contributed by atoms with E-state index >= 15 is 0 Å². The lowest BCUT2D eigenvalue weighted by molar-refractivity contribution is 0.930. The third-order valence-electron chi connectivity index (χ3n) is 2.10. The predicted molar refractivity (Wildman–Crippen MR) is 63.9 cm³/mol. The van der Waals surface area contributed by atoms with Crippen LogP contribution in [-0.4, -0.2) is 0 Å². The molecule has 0 aliphatic heterocycles. The minimum atomic E-state index is 1.04. The van der Waals surface area contributed by atoms with Crippen LogP contribution in [0.25, 0.3) is 0 Å². The van der Waals surface area contributed by atoms with E-state index in [-0.39, 0.29) is 0 Å². The summed E-state index contributed by atoms with van der Waals surface area (Å²) in [5, 5.41) is 0. The first-order chi connectivity index (χ1) is 7.00. The quantitative estimate of drug-likeness (QED) is 0.494. The summed E-state index contributed by atoms with van der Waals surface area (Å²) in [6.45, 7) is 0. The highest BCUT2D eigenvalue weighted by molar-refractivity contribution is 5.06. The molecule has 0 N–H and O–H groups in total. The summed E-state index contributed by atoms with van der Waals surface area (Å²) in [6.07, 6.45) is 25.5. The van der Waals surface area contributed by atoms with E-state index in [2.05, 4.69) is 55.0 Å². The molecule has 75 valence electrons. The van der Waals surface area contributed by atoms with Gasteiger partial charge in [0.1, 0.15) is 0 Å². The summed E-state index contributed by atoms with van der Waals surface area (Å²) < 4.78 is 0. The average molecular weight is 187 g/mol. The van der Waals surface area contributed by atoms with Gasteiger partial charge in [-0.3, -0.25) is 0 Å². The summed E-state index contributed by atoms with van der Waals surface area (Å²) in [4.78, 5) is 0. The van der Waals surface area contributed by atoms with E-state index in [1.54, 1.807) is 0 Å². The van der Waals surface area contributed by atoms with Crippen LogP contribution in [-0.2, 0) is 0 Å². The molecule has 0 aromatic rings. The third kappa shape index (κ3) is 6.47. The van der Waals surface area contributed by atoms with Gasteiger partial charge < -0.3 is 0 Å². The molecule has 0 saturated carbocycles. The Balaban J connectivity index is 2.35. The van der Waals surface area contributed by atoms with Gasteiger partial charge in [-0.15, -0.1) is 0 Å². The third-order valence-corrected chi connectivity index (χ3v) is 2.10. The molecule has 0 heteroatoms. The van der Waals surface area contributed by atoms with Gasteiger partial charge in [-0.25, -0.2) is 0 Å². The Morgan fingerprint density at radius 1 is 0.500 bits per heavy atom. The van der Waals surface area contributed by atoms with Crippen LogP contribution in [0, 0.1) is 6.42 Å². The van der Waals surface area contributed by atoms with Gasteiger partial charge in [-0.1, -0.05) is 48.6 Å².